The van der Waals surface area contributed by atoms with E-state index >= 15 is 0 Å². The van der Waals surface area contributed by atoms with Crippen LogP contribution in [-0.4, -0.2) is 44.4 Å². The maximum atomic E-state index is 13.0. The third kappa shape index (κ3) is 3.96. The number of carbonyl (C=O) groups is 1. The third-order valence-electron chi connectivity index (χ3n) is 8.91. The highest BCUT2D eigenvalue weighted by Gasteiger charge is 2.51. The zero-order valence-corrected chi connectivity index (χ0v) is 22.8. The number of hydrogen-bond acceptors (Lipinski definition) is 4. The van der Waals surface area contributed by atoms with E-state index in [-0.39, 0.29) is 0 Å². The van der Waals surface area contributed by atoms with Gasteiger partial charge in [0.15, 0.2) is 0 Å². The molecule has 0 saturated heterocycles. The topological polar surface area (TPSA) is 80.6 Å². The molecule has 0 radical (unpaired) electrons. The van der Waals surface area contributed by atoms with Crippen molar-refractivity contribution in [2.45, 2.75) is 57.4 Å². The number of rotatable bonds is 5. The van der Waals surface area contributed by atoms with Gasteiger partial charge < -0.3 is 9.30 Å². The number of nitrogens with one attached hydrogen (secondary N) is 1. The van der Waals surface area contributed by atoms with E-state index in [1.807, 2.05) is 12.1 Å². The van der Waals surface area contributed by atoms with Crippen LogP contribution >= 0.6 is 0 Å². The highest BCUT2D eigenvalue weighted by atomic mass is 32.2. The Balaban J connectivity index is 1.56. The molecule has 196 valence electrons. The van der Waals surface area contributed by atoms with E-state index in [4.69, 9.17) is 4.74 Å². The number of hydrogen-bond donors (Lipinski definition) is 1. The highest BCUT2D eigenvalue weighted by Crippen LogP contribution is 2.60. The first-order valence-electron chi connectivity index (χ1n) is 13.3. The summed E-state index contributed by atoms with van der Waals surface area (Å²) in [5.41, 5.74) is 6.68. The van der Waals surface area contributed by atoms with Crippen molar-refractivity contribution in [3.63, 3.8) is 0 Å². The van der Waals surface area contributed by atoms with Gasteiger partial charge in [-0.2, -0.15) is 12.7 Å². The second kappa shape index (κ2) is 8.88. The molecule has 1 aliphatic heterocycles. The third-order valence-corrected chi connectivity index (χ3v) is 10.3. The summed E-state index contributed by atoms with van der Waals surface area (Å²) in [7, 11) is 0.656. The van der Waals surface area contributed by atoms with Crippen molar-refractivity contribution in [2.75, 3.05) is 21.2 Å². The van der Waals surface area contributed by atoms with Crippen LogP contribution in [0.2, 0.25) is 0 Å². The van der Waals surface area contributed by atoms with E-state index in [9.17, 15) is 13.2 Å². The molecule has 3 aromatic rings. The number of fused-ring (bicyclic) bond motifs is 7. The van der Waals surface area contributed by atoms with Crippen molar-refractivity contribution in [3.05, 3.63) is 53.1 Å². The second-order valence-electron chi connectivity index (χ2n) is 11.2. The fraction of sp³-hybridized carbons (Fsp3) is 0.483. The maximum absolute atomic E-state index is 13.0. The van der Waals surface area contributed by atoms with E-state index in [0.29, 0.717) is 29.2 Å². The van der Waals surface area contributed by atoms with Gasteiger partial charge in [-0.1, -0.05) is 32.3 Å². The quantitative estimate of drug-likeness (QED) is 0.496. The van der Waals surface area contributed by atoms with E-state index in [2.05, 4.69) is 34.4 Å². The molecule has 8 heteroatoms. The van der Waals surface area contributed by atoms with Gasteiger partial charge in [-0.05, 0) is 78.0 Å². The Bertz CT molecular complexity index is 1500. The molecular formula is C29H35N3O4S. The summed E-state index contributed by atoms with van der Waals surface area (Å²) in [6.07, 6.45) is 6.09. The van der Waals surface area contributed by atoms with Crippen LogP contribution in [-0.2, 0) is 16.8 Å². The molecule has 2 aromatic carbocycles. The summed E-state index contributed by atoms with van der Waals surface area (Å²) < 4.78 is 35.9. The van der Waals surface area contributed by atoms with Crippen LogP contribution in [0.15, 0.2) is 36.4 Å². The van der Waals surface area contributed by atoms with E-state index in [1.54, 1.807) is 13.2 Å². The molecule has 1 amide bonds. The predicted molar refractivity (Wildman–Crippen MR) is 145 cm³/mol. The van der Waals surface area contributed by atoms with Gasteiger partial charge in [0, 0.05) is 42.7 Å². The van der Waals surface area contributed by atoms with Crippen LogP contribution in [0.1, 0.15) is 72.3 Å². The summed E-state index contributed by atoms with van der Waals surface area (Å²) in [5.74, 6) is 2.35. The Kier molecular flexibility index (Phi) is 5.88. The average molecular weight is 522 g/mol. The van der Waals surface area contributed by atoms with Crippen molar-refractivity contribution >= 4 is 27.0 Å². The van der Waals surface area contributed by atoms with Gasteiger partial charge in [0.1, 0.15) is 5.75 Å². The lowest BCUT2D eigenvalue weighted by Crippen LogP contribution is -2.39. The fourth-order valence-corrected chi connectivity index (χ4v) is 7.31. The second-order valence-corrected chi connectivity index (χ2v) is 13.0. The number of nitrogens with zero attached hydrogens (tertiary/aromatic N) is 2. The Hall–Kier alpha value is -2.84. The number of amides is 1. The van der Waals surface area contributed by atoms with Crippen LogP contribution in [0, 0.1) is 11.8 Å². The van der Waals surface area contributed by atoms with E-state index in [0.717, 1.165) is 22.1 Å². The number of carbonyl (C=O) groups excluding carboxylic acids is 1. The smallest absolute Gasteiger partial charge is 0.303 e. The molecule has 6 rings (SSSR count). The van der Waals surface area contributed by atoms with Gasteiger partial charge in [-0.15, -0.1) is 0 Å². The lowest BCUT2D eigenvalue weighted by molar-refractivity contribution is 0.0980. The molecule has 7 nitrogen and oxygen atoms in total. The zero-order chi connectivity index (χ0) is 26.1. The molecule has 3 atom stereocenters. The first-order valence-corrected chi connectivity index (χ1v) is 14.7. The number of aromatic nitrogens is 1. The largest absolute Gasteiger partial charge is 0.497 e. The molecule has 2 heterocycles. The number of ether oxygens (including phenoxy) is 1. The standard InChI is InChI=1S/C29H35N3O4S/c1-17-24-16-32-25-14-19(29(33)30-37(34,35)31(2)3)10-12-22(25)27(18-8-6-5-7-9-18)28(32)21-13-11-20(36-4)15-23(21)26(17)24/h10-15,17-18,24,26H,5-9,16H2,1-4H3,(H,30,33)/t17-,24+,26+/m1/s1. The Labute approximate surface area is 219 Å². The lowest BCUT2D eigenvalue weighted by atomic mass is 9.81. The minimum atomic E-state index is -3.87. The van der Waals surface area contributed by atoms with Crippen molar-refractivity contribution in [1.29, 1.82) is 0 Å². The molecule has 2 saturated carbocycles. The molecule has 0 spiro atoms. The van der Waals surface area contributed by atoms with Crippen LogP contribution in [0.4, 0.5) is 0 Å². The fourth-order valence-electron chi connectivity index (χ4n) is 6.78. The van der Waals surface area contributed by atoms with Crippen LogP contribution < -0.4 is 9.46 Å². The van der Waals surface area contributed by atoms with Gasteiger partial charge in [-0.3, -0.25) is 4.79 Å². The van der Waals surface area contributed by atoms with Gasteiger partial charge in [0.2, 0.25) is 0 Å². The molecule has 1 aromatic heterocycles. The average Bonchev–Trinajstić information content (AvgIpc) is 3.46. The molecule has 0 bridgehead atoms. The Morgan fingerprint density at radius 2 is 1.84 bits per heavy atom. The monoisotopic (exact) mass is 521 g/mol. The Morgan fingerprint density at radius 3 is 2.54 bits per heavy atom. The highest BCUT2D eigenvalue weighted by molar-refractivity contribution is 7.87. The SMILES string of the molecule is COc1ccc2c(c1)[C@@H]1[C@H](C)[C@@H]1Cn1c-2c(C2CCCCC2)c2ccc(C(=O)NS(=O)(=O)N(C)C)cc21. The molecule has 1 N–H and O–H groups in total. The van der Waals surface area contributed by atoms with Crippen molar-refractivity contribution in [3.8, 4) is 17.0 Å². The summed E-state index contributed by atoms with van der Waals surface area (Å²) in [5, 5.41) is 1.18. The van der Waals surface area contributed by atoms with Crippen LogP contribution in [0.3, 0.4) is 0 Å². The van der Waals surface area contributed by atoms with Gasteiger partial charge >= 0.3 is 10.2 Å². The van der Waals surface area contributed by atoms with E-state index in [1.165, 1.54) is 74.0 Å². The summed E-state index contributed by atoms with van der Waals surface area (Å²) in [6, 6.07) is 12.2. The minimum absolute atomic E-state index is 0.355. The summed E-state index contributed by atoms with van der Waals surface area (Å²) in [4.78, 5) is 13.0. The predicted octanol–water partition coefficient (Wildman–Crippen LogP) is 5.26. The lowest BCUT2D eigenvalue weighted by Gasteiger charge is -2.24. The number of methoxy groups -OCH3 is 1. The number of benzene rings is 2. The summed E-state index contributed by atoms with van der Waals surface area (Å²) in [6.45, 7) is 3.21. The van der Waals surface area contributed by atoms with E-state index < -0.39 is 16.1 Å². The van der Waals surface area contributed by atoms with Gasteiger partial charge in [0.05, 0.1) is 12.8 Å². The first kappa shape index (κ1) is 24.5. The first-order chi connectivity index (χ1) is 17.7. The maximum Gasteiger partial charge on any atom is 0.303 e. The minimum Gasteiger partial charge on any atom is -0.497 e. The van der Waals surface area contributed by atoms with Crippen LogP contribution in [0.5, 0.6) is 5.75 Å². The molecule has 0 unspecified atom stereocenters. The van der Waals surface area contributed by atoms with Crippen molar-refractivity contribution in [2.24, 2.45) is 11.8 Å². The molecule has 37 heavy (non-hydrogen) atoms. The summed E-state index contributed by atoms with van der Waals surface area (Å²) >= 11 is 0. The molecule has 2 aliphatic carbocycles. The van der Waals surface area contributed by atoms with Crippen molar-refractivity contribution in [1.82, 2.24) is 13.6 Å². The Morgan fingerprint density at radius 1 is 1.08 bits per heavy atom. The van der Waals surface area contributed by atoms with Gasteiger partial charge in [0.25, 0.3) is 5.91 Å². The van der Waals surface area contributed by atoms with Crippen molar-refractivity contribution < 1.29 is 17.9 Å². The normalized spacial score (nSPS) is 23.2. The van der Waals surface area contributed by atoms with Gasteiger partial charge in [-0.25, -0.2) is 4.72 Å². The molecule has 2 fully saturated rings. The molecule has 3 aliphatic rings. The zero-order valence-electron chi connectivity index (χ0n) is 22.0. The molecular weight excluding hydrogens is 486 g/mol. The van der Waals surface area contributed by atoms with Crippen LogP contribution in [0.25, 0.3) is 22.2 Å².